The third kappa shape index (κ3) is 1.99. The molecular weight excluding hydrogens is 128 g/mol. The van der Waals surface area contributed by atoms with Crippen LogP contribution < -0.4 is 0 Å². The number of aliphatic hydroxyl groups excluding tert-OH is 1. The summed E-state index contributed by atoms with van der Waals surface area (Å²) in [6, 6.07) is 0. The van der Waals surface area contributed by atoms with Crippen molar-refractivity contribution in [3.63, 3.8) is 0 Å². The van der Waals surface area contributed by atoms with Crippen LogP contribution in [0.4, 0.5) is 0 Å². The van der Waals surface area contributed by atoms with Crippen molar-refractivity contribution in [3.8, 4) is 0 Å². The molecule has 0 saturated carbocycles. The minimum atomic E-state index is -1.15. The van der Waals surface area contributed by atoms with Crippen LogP contribution in [-0.2, 0) is 0 Å². The van der Waals surface area contributed by atoms with Gasteiger partial charge in [-0.2, -0.15) is 0 Å². The third-order valence-corrected chi connectivity index (χ3v) is 1.64. The second-order valence-corrected chi connectivity index (χ2v) is 2.37. The molecular formula is C8H14O2. The van der Waals surface area contributed by atoms with Gasteiger partial charge in [0.05, 0.1) is 6.10 Å². The zero-order chi connectivity index (χ0) is 8.20. The minimum absolute atomic E-state index is 0.465. The highest BCUT2D eigenvalue weighted by Gasteiger charge is 2.26. The van der Waals surface area contributed by atoms with Gasteiger partial charge in [0, 0.05) is 0 Å². The van der Waals surface area contributed by atoms with Crippen LogP contribution in [0.1, 0.15) is 20.3 Å². The molecule has 58 valence electrons. The molecule has 0 spiro atoms. The molecule has 2 atom stereocenters. The Morgan fingerprint density at radius 3 is 2.40 bits per heavy atom. The predicted octanol–water partition coefficient (Wildman–Crippen LogP) is 0.849. The van der Waals surface area contributed by atoms with E-state index in [0.717, 1.165) is 0 Å². The van der Waals surface area contributed by atoms with Crippen molar-refractivity contribution in [2.24, 2.45) is 0 Å². The molecule has 2 N–H and O–H groups in total. The van der Waals surface area contributed by atoms with Gasteiger partial charge >= 0.3 is 0 Å². The van der Waals surface area contributed by atoms with Gasteiger partial charge in [0.15, 0.2) is 0 Å². The van der Waals surface area contributed by atoms with Crippen LogP contribution in [0.5, 0.6) is 0 Å². The Bertz CT molecular complexity index is 145. The SMILES string of the molecule is C=C=CC(O)(CC)C(C)O. The highest BCUT2D eigenvalue weighted by atomic mass is 16.3. The highest BCUT2D eigenvalue weighted by molar-refractivity contribution is 5.01. The fourth-order valence-electron chi connectivity index (χ4n) is 0.695. The van der Waals surface area contributed by atoms with Crippen molar-refractivity contribution >= 4 is 0 Å². The van der Waals surface area contributed by atoms with Crippen LogP contribution in [0.25, 0.3) is 0 Å². The number of rotatable bonds is 3. The summed E-state index contributed by atoms with van der Waals surface area (Å²) in [7, 11) is 0. The van der Waals surface area contributed by atoms with E-state index < -0.39 is 11.7 Å². The van der Waals surface area contributed by atoms with E-state index in [1.807, 2.05) is 0 Å². The minimum Gasteiger partial charge on any atom is -0.390 e. The van der Waals surface area contributed by atoms with Crippen LogP contribution >= 0.6 is 0 Å². The van der Waals surface area contributed by atoms with Crippen LogP contribution in [0.3, 0.4) is 0 Å². The van der Waals surface area contributed by atoms with Crippen LogP contribution in [-0.4, -0.2) is 21.9 Å². The van der Waals surface area contributed by atoms with Gasteiger partial charge < -0.3 is 10.2 Å². The first-order valence-corrected chi connectivity index (χ1v) is 3.34. The van der Waals surface area contributed by atoms with Crippen molar-refractivity contribution in [2.45, 2.75) is 32.0 Å². The van der Waals surface area contributed by atoms with Crippen molar-refractivity contribution in [3.05, 3.63) is 18.4 Å². The summed E-state index contributed by atoms with van der Waals surface area (Å²) >= 11 is 0. The average Bonchev–Trinajstić information content (AvgIpc) is 1.88. The van der Waals surface area contributed by atoms with Gasteiger partial charge in [-0.3, -0.25) is 0 Å². The van der Waals surface area contributed by atoms with Gasteiger partial charge in [-0.25, -0.2) is 0 Å². The van der Waals surface area contributed by atoms with Crippen LogP contribution in [0.15, 0.2) is 18.4 Å². The topological polar surface area (TPSA) is 40.5 Å². The van der Waals surface area contributed by atoms with Crippen molar-refractivity contribution in [2.75, 3.05) is 0 Å². The smallest absolute Gasteiger partial charge is 0.115 e. The van der Waals surface area contributed by atoms with E-state index in [1.54, 1.807) is 6.92 Å². The highest BCUT2D eigenvalue weighted by Crippen LogP contribution is 2.15. The summed E-state index contributed by atoms with van der Waals surface area (Å²) in [5.74, 6) is 0. The summed E-state index contributed by atoms with van der Waals surface area (Å²) in [5.41, 5.74) is 1.30. The summed E-state index contributed by atoms with van der Waals surface area (Å²) < 4.78 is 0. The lowest BCUT2D eigenvalue weighted by Crippen LogP contribution is -2.37. The van der Waals surface area contributed by atoms with Gasteiger partial charge in [-0.15, -0.1) is 5.73 Å². The number of hydrogen-bond acceptors (Lipinski definition) is 2. The summed E-state index contributed by atoms with van der Waals surface area (Å²) in [6.45, 7) is 6.66. The zero-order valence-electron chi connectivity index (χ0n) is 6.46. The predicted molar refractivity (Wildman–Crippen MR) is 40.6 cm³/mol. The van der Waals surface area contributed by atoms with Crippen LogP contribution in [0, 0.1) is 0 Å². The Hall–Kier alpha value is -0.560. The maximum absolute atomic E-state index is 9.49. The third-order valence-electron chi connectivity index (χ3n) is 1.64. The molecule has 0 aromatic rings. The molecule has 10 heavy (non-hydrogen) atoms. The monoisotopic (exact) mass is 142 g/mol. The Balaban J connectivity index is 4.37. The van der Waals surface area contributed by atoms with E-state index >= 15 is 0 Å². The molecule has 0 bridgehead atoms. The molecule has 0 aliphatic rings. The lowest BCUT2D eigenvalue weighted by Gasteiger charge is -2.24. The Kier molecular flexibility index (Phi) is 3.37. The van der Waals surface area contributed by atoms with Crippen molar-refractivity contribution in [1.29, 1.82) is 0 Å². The van der Waals surface area contributed by atoms with E-state index in [9.17, 15) is 5.11 Å². The lowest BCUT2D eigenvalue weighted by atomic mass is 9.95. The van der Waals surface area contributed by atoms with E-state index in [4.69, 9.17) is 5.11 Å². The van der Waals surface area contributed by atoms with E-state index in [-0.39, 0.29) is 0 Å². The molecule has 2 nitrogen and oxygen atoms in total. The first kappa shape index (κ1) is 9.44. The largest absolute Gasteiger partial charge is 0.390 e. The molecule has 0 radical (unpaired) electrons. The summed E-state index contributed by atoms with van der Waals surface area (Å²) in [4.78, 5) is 0. The lowest BCUT2D eigenvalue weighted by molar-refractivity contribution is -0.0313. The maximum atomic E-state index is 9.49. The molecule has 2 heteroatoms. The number of hydrogen-bond donors (Lipinski definition) is 2. The van der Waals surface area contributed by atoms with Gasteiger partial charge in [-0.1, -0.05) is 13.5 Å². The normalized spacial score (nSPS) is 18.8. The standard InChI is InChI=1S/C8H14O2/c1-4-6-8(10,5-2)7(3)9/h6-7,9-10H,1,5H2,2-3H3. The molecule has 0 aromatic heterocycles. The van der Waals surface area contributed by atoms with Gasteiger partial charge in [0.25, 0.3) is 0 Å². The Morgan fingerprint density at radius 1 is 1.80 bits per heavy atom. The quantitative estimate of drug-likeness (QED) is 0.573. The first-order valence-electron chi connectivity index (χ1n) is 3.34. The molecule has 0 heterocycles. The molecule has 0 rings (SSSR count). The van der Waals surface area contributed by atoms with Crippen molar-refractivity contribution < 1.29 is 10.2 Å². The maximum Gasteiger partial charge on any atom is 0.115 e. The van der Waals surface area contributed by atoms with Crippen LogP contribution in [0.2, 0.25) is 0 Å². The Morgan fingerprint density at radius 2 is 2.30 bits per heavy atom. The average molecular weight is 142 g/mol. The summed E-state index contributed by atoms with van der Waals surface area (Å²) in [5, 5.41) is 18.5. The van der Waals surface area contributed by atoms with E-state index in [2.05, 4.69) is 12.3 Å². The molecule has 0 aromatic carbocycles. The number of aliphatic hydroxyl groups is 2. The molecule has 0 saturated heterocycles. The Labute approximate surface area is 61.5 Å². The zero-order valence-corrected chi connectivity index (χ0v) is 6.46. The van der Waals surface area contributed by atoms with Gasteiger partial charge in [-0.05, 0) is 19.4 Å². The van der Waals surface area contributed by atoms with E-state index in [1.165, 1.54) is 13.0 Å². The molecule has 0 aliphatic heterocycles. The fourth-order valence-corrected chi connectivity index (χ4v) is 0.695. The van der Waals surface area contributed by atoms with E-state index in [0.29, 0.717) is 6.42 Å². The molecule has 0 amide bonds. The summed E-state index contributed by atoms with van der Waals surface area (Å²) in [6.07, 6.45) is 1.08. The van der Waals surface area contributed by atoms with Gasteiger partial charge in [0.1, 0.15) is 5.60 Å². The first-order chi connectivity index (χ1) is 4.56. The molecule has 0 fully saturated rings. The fraction of sp³-hybridized carbons (Fsp3) is 0.625. The second kappa shape index (κ2) is 3.57. The van der Waals surface area contributed by atoms with Gasteiger partial charge in [0.2, 0.25) is 0 Å². The second-order valence-electron chi connectivity index (χ2n) is 2.37. The van der Waals surface area contributed by atoms with Crippen molar-refractivity contribution in [1.82, 2.24) is 0 Å². The molecule has 0 aliphatic carbocycles. The molecule has 2 unspecified atom stereocenters.